The molecule has 3 rings (SSSR count). The number of aromatic nitrogens is 4. The van der Waals surface area contributed by atoms with E-state index in [9.17, 15) is 9.50 Å². The lowest BCUT2D eigenvalue weighted by Crippen LogP contribution is -2.01. The van der Waals surface area contributed by atoms with E-state index < -0.39 is 6.10 Å². The summed E-state index contributed by atoms with van der Waals surface area (Å²) in [6.07, 6.45) is 3.90. The van der Waals surface area contributed by atoms with Crippen LogP contribution in [0.25, 0.3) is 5.69 Å². The molecule has 1 aromatic carbocycles. The van der Waals surface area contributed by atoms with Gasteiger partial charge in [0.15, 0.2) is 0 Å². The average molecular weight is 298 g/mol. The normalized spacial score (nSPS) is 12.3. The van der Waals surface area contributed by atoms with Crippen molar-refractivity contribution in [3.8, 4) is 5.69 Å². The van der Waals surface area contributed by atoms with Crippen molar-refractivity contribution in [2.24, 2.45) is 0 Å². The lowest BCUT2D eigenvalue weighted by atomic mass is 10.1. The van der Waals surface area contributed by atoms with E-state index in [4.69, 9.17) is 0 Å². The highest BCUT2D eigenvalue weighted by molar-refractivity contribution is 5.30. The molecular weight excluding hydrogens is 283 g/mol. The van der Waals surface area contributed by atoms with E-state index in [0.29, 0.717) is 18.5 Å². The monoisotopic (exact) mass is 298 g/mol. The van der Waals surface area contributed by atoms with Crippen molar-refractivity contribution in [2.75, 3.05) is 0 Å². The minimum atomic E-state index is -0.628. The predicted octanol–water partition coefficient (Wildman–Crippen LogP) is 2.47. The molecule has 1 atom stereocenters. The zero-order valence-electron chi connectivity index (χ0n) is 11.8. The first-order valence-electron chi connectivity index (χ1n) is 6.98. The van der Waals surface area contributed by atoms with Crippen LogP contribution in [0.15, 0.2) is 54.9 Å². The second kappa shape index (κ2) is 6.44. The van der Waals surface area contributed by atoms with Gasteiger partial charge in [0.1, 0.15) is 5.82 Å². The Balaban J connectivity index is 1.63. The Morgan fingerprint density at radius 2 is 1.95 bits per heavy atom. The highest BCUT2D eigenvalue weighted by Crippen LogP contribution is 2.16. The summed E-state index contributed by atoms with van der Waals surface area (Å²) in [7, 11) is 0. The topological polar surface area (TPSA) is 63.8 Å². The molecular formula is C16H15FN4O. The molecule has 5 nitrogen and oxygen atoms in total. The Kier molecular flexibility index (Phi) is 4.20. The minimum absolute atomic E-state index is 0.289. The fourth-order valence-corrected chi connectivity index (χ4v) is 2.14. The molecule has 112 valence electrons. The Morgan fingerprint density at radius 1 is 1.14 bits per heavy atom. The van der Waals surface area contributed by atoms with Crippen molar-refractivity contribution in [3.05, 3.63) is 72.1 Å². The number of hydrogen-bond acceptors (Lipinski definition) is 4. The van der Waals surface area contributed by atoms with Gasteiger partial charge >= 0.3 is 0 Å². The number of nitrogens with zero attached hydrogens (tertiary/aromatic N) is 4. The van der Waals surface area contributed by atoms with Crippen molar-refractivity contribution < 1.29 is 9.50 Å². The maximum Gasteiger partial charge on any atom is 0.123 e. The van der Waals surface area contributed by atoms with Crippen LogP contribution in [-0.2, 0) is 6.42 Å². The number of halogens is 1. The zero-order valence-corrected chi connectivity index (χ0v) is 11.8. The molecule has 22 heavy (non-hydrogen) atoms. The summed E-state index contributed by atoms with van der Waals surface area (Å²) in [6.45, 7) is 0. The summed E-state index contributed by atoms with van der Waals surface area (Å²) in [5.41, 5.74) is 2.15. The minimum Gasteiger partial charge on any atom is -0.387 e. The number of aliphatic hydroxyl groups is 1. The van der Waals surface area contributed by atoms with Gasteiger partial charge < -0.3 is 5.11 Å². The number of aryl methyl sites for hydroxylation is 1. The quantitative estimate of drug-likeness (QED) is 0.786. The van der Waals surface area contributed by atoms with E-state index in [1.807, 2.05) is 12.1 Å². The zero-order chi connectivity index (χ0) is 15.4. The van der Waals surface area contributed by atoms with Crippen LogP contribution in [-0.4, -0.2) is 25.1 Å². The molecule has 0 aliphatic carbocycles. The summed E-state index contributed by atoms with van der Waals surface area (Å²) in [6, 6.07) is 11.5. The molecule has 0 spiro atoms. The first-order valence-corrected chi connectivity index (χ1v) is 6.98. The molecule has 6 heteroatoms. The predicted molar refractivity (Wildman–Crippen MR) is 78.8 cm³/mol. The van der Waals surface area contributed by atoms with E-state index in [1.54, 1.807) is 35.3 Å². The molecule has 1 N–H and O–H groups in total. The summed E-state index contributed by atoms with van der Waals surface area (Å²) >= 11 is 0. The number of pyridine rings is 1. The molecule has 1 unspecified atom stereocenters. The van der Waals surface area contributed by atoms with Gasteiger partial charge in [-0.2, -0.15) is 0 Å². The number of rotatable bonds is 5. The molecule has 0 bridgehead atoms. The van der Waals surface area contributed by atoms with Gasteiger partial charge in [0, 0.05) is 6.20 Å². The molecule has 0 saturated carbocycles. The second-order valence-electron chi connectivity index (χ2n) is 4.94. The van der Waals surface area contributed by atoms with Gasteiger partial charge in [-0.1, -0.05) is 11.3 Å². The van der Waals surface area contributed by atoms with E-state index in [-0.39, 0.29) is 5.82 Å². The average Bonchev–Trinajstić information content (AvgIpc) is 3.03. The van der Waals surface area contributed by atoms with Crippen molar-refractivity contribution in [3.63, 3.8) is 0 Å². The van der Waals surface area contributed by atoms with E-state index >= 15 is 0 Å². The third kappa shape index (κ3) is 3.35. The molecule has 0 saturated heterocycles. The highest BCUT2D eigenvalue weighted by Gasteiger charge is 2.10. The third-order valence-corrected chi connectivity index (χ3v) is 3.34. The first kappa shape index (κ1) is 14.3. The second-order valence-corrected chi connectivity index (χ2v) is 4.94. The molecule has 0 radical (unpaired) electrons. The Morgan fingerprint density at radius 3 is 2.68 bits per heavy atom. The largest absolute Gasteiger partial charge is 0.387 e. The molecule has 0 fully saturated rings. The lowest BCUT2D eigenvalue weighted by molar-refractivity contribution is 0.162. The molecule has 0 aliphatic heterocycles. The summed E-state index contributed by atoms with van der Waals surface area (Å²) < 4.78 is 14.5. The van der Waals surface area contributed by atoms with Crippen molar-refractivity contribution >= 4 is 0 Å². The first-order chi connectivity index (χ1) is 10.7. The summed E-state index contributed by atoms with van der Waals surface area (Å²) in [5, 5.41) is 18.2. The molecule has 0 amide bonds. The number of aliphatic hydroxyl groups excluding tert-OH is 1. The van der Waals surface area contributed by atoms with Crippen LogP contribution in [0.1, 0.15) is 23.9 Å². The van der Waals surface area contributed by atoms with Crippen LogP contribution in [0.3, 0.4) is 0 Å². The van der Waals surface area contributed by atoms with E-state index in [2.05, 4.69) is 15.3 Å². The van der Waals surface area contributed by atoms with E-state index in [1.165, 1.54) is 12.1 Å². The van der Waals surface area contributed by atoms with Crippen LogP contribution in [0.5, 0.6) is 0 Å². The van der Waals surface area contributed by atoms with Crippen LogP contribution < -0.4 is 0 Å². The maximum atomic E-state index is 12.9. The Hall–Kier alpha value is -2.60. The van der Waals surface area contributed by atoms with Gasteiger partial charge in [0.05, 0.1) is 29.4 Å². The van der Waals surface area contributed by atoms with Gasteiger partial charge in [-0.25, -0.2) is 9.07 Å². The fraction of sp³-hybridized carbons (Fsp3) is 0.188. The lowest BCUT2D eigenvalue weighted by Gasteiger charge is -2.07. The highest BCUT2D eigenvalue weighted by atomic mass is 19.1. The van der Waals surface area contributed by atoms with Crippen LogP contribution in [0, 0.1) is 5.82 Å². The van der Waals surface area contributed by atoms with Crippen LogP contribution in [0.4, 0.5) is 4.39 Å². The maximum absolute atomic E-state index is 12.9. The fourth-order valence-electron chi connectivity index (χ4n) is 2.14. The molecule has 0 aliphatic rings. The Bertz CT molecular complexity index is 727. The SMILES string of the molecule is OC(CCc1cn(-c2ccc(F)cc2)nn1)c1ccccn1. The van der Waals surface area contributed by atoms with Gasteiger partial charge in [0.25, 0.3) is 0 Å². The Labute approximate surface area is 127 Å². The van der Waals surface area contributed by atoms with Crippen LogP contribution >= 0.6 is 0 Å². The summed E-state index contributed by atoms with van der Waals surface area (Å²) in [5.74, 6) is -0.289. The molecule has 3 aromatic rings. The summed E-state index contributed by atoms with van der Waals surface area (Å²) in [4.78, 5) is 4.13. The van der Waals surface area contributed by atoms with Gasteiger partial charge in [-0.05, 0) is 49.2 Å². The third-order valence-electron chi connectivity index (χ3n) is 3.34. The number of hydrogen-bond donors (Lipinski definition) is 1. The molecule has 2 aromatic heterocycles. The van der Waals surface area contributed by atoms with Crippen molar-refractivity contribution in [1.82, 2.24) is 20.0 Å². The molecule has 2 heterocycles. The van der Waals surface area contributed by atoms with Gasteiger partial charge in [0.2, 0.25) is 0 Å². The number of benzene rings is 1. The van der Waals surface area contributed by atoms with E-state index in [0.717, 1.165) is 11.4 Å². The van der Waals surface area contributed by atoms with Gasteiger partial charge in [-0.15, -0.1) is 5.10 Å². The standard InChI is InChI=1S/C16H15FN4O/c17-12-4-7-14(8-5-12)21-11-13(19-20-21)6-9-16(22)15-3-1-2-10-18-15/h1-5,7-8,10-11,16,22H,6,9H2. The van der Waals surface area contributed by atoms with Crippen molar-refractivity contribution in [2.45, 2.75) is 18.9 Å². The van der Waals surface area contributed by atoms with Gasteiger partial charge in [-0.3, -0.25) is 4.98 Å². The van der Waals surface area contributed by atoms with Crippen molar-refractivity contribution in [1.29, 1.82) is 0 Å². The smallest absolute Gasteiger partial charge is 0.123 e. The van der Waals surface area contributed by atoms with Crippen LogP contribution in [0.2, 0.25) is 0 Å².